The average molecular weight is 239 g/mol. The number of anilines is 1. The SMILES string of the molecule is COc1ccccc1Sc1nsc(N)n1. The molecule has 0 atom stereocenters. The summed E-state index contributed by atoms with van der Waals surface area (Å²) in [5, 5.41) is 1.13. The molecule has 15 heavy (non-hydrogen) atoms. The highest BCUT2D eigenvalue weighted by molar-refractivity contribution is 7.99. The lowest BCUT2D eigenvalue weighted by molar-refractivity contribution is 0.405. The maximum Gasteiger partial charge on any atom is 0.206 e. The Hall–Kier alpha value is -1.27. The molecule has 1 aromatic carbocycles. The number of para-hydroxylation sites is 1. The first kappa shape index (κ1) is 10.3. The number of benzene rings is 1. The van der Waals surface area contributed by atoms with Crippen LogP contribution in [0.3, 0.4) is 0 Å². The molecule has 0 radical (unpaired) electrons. The molecule has 0 unspecified atom stereocenters. The van der Waals surface area contributed by atoms with Crippen LogP contribution in [-0.2, 0) is 0 Å². The second-order valence-electron chi connectivity index (χ2n) is 2.67. The number of nitrogen functional groups attached to an aromatic ring is 1. The Bertz CT molecular complexity index is 458. The van der Waals surface area contributed by atoms with Crippen LogP contribution in [0.25, 0.3) is 0 Å². The molecule has 0 fully saturated rings. The Labute approximate surface area is 95.7 Å². The Morgan fingerprint density at radius 2 is 2.20 bits per heavy atom. The van der Waals surface area contributed by atoms with Crippen LogP contribution in [0.2, 0.25) is 0 Å². The van der Waals surface area contributed by atoms with E-state index in [0.29, 0.717) is 10.3 Å². The summed E-state index contributed by atoms with van der Waals surface area (Å²) in [4.78, 5) is 5.06. The van der Waals surface area contributed by atoms with Crippen molar-refractivity contribution in [2.45, 2.75) is 10.1 Å². The van der Waals surface area contributed by atoms with E-state index >= 15 is 0 Å². The summed E-state index contributed by atoms with van der Waals surface area (Å²) in [5.74, 6) is 0.816. The van der Waals surface area contributed by atoms with Gasteiger partial charge in [0.2, 0.25) is 10.3 Å². The van der Waals surface area contributed by atoms with Gasteiger partial charge in [-0.25, -0.2) is 0 Å². The summed E-state index contributed by atoms with van der Waals surface area (Å²) in [6.07, 6.45) is 0. The lowest BCUT2D eigenvalue weighted by Gasteiger charge is -2.04. The number of ether oxygens (including phenoxy) is 1. The number of aromatic nitrogens is 2. The molecule has 0 saturated carbocycles. The van der Waals surface area contributed by atoms with Crippen molar-refractivity contribution in [1.82, 2.24) is 9.36 Å². The van der Waals surface area contributed by atoms with E-state index in [-0.39, 0.29) is 0 Å². The standard InChI is InChI=1S/C9H9N3OS2/c1-13-6-4-2-3-5-7(6)14-9-11-8(10)15-12-9/h2-5H,1H3,(H2,10,11,12). The van der Waals surface area contributed by atoms with Crippen LogP contribution in [0, 0.1) is 0 Å². The van der Waals surface area contributed by atoms with E-state index < -0.39 is 0 Å². The normalized spacial score (nSPS) is 10.2. The molecule has 2 rings (SSSR count). The second-order valence-corrected chi connectivity index (χ2v) is 4.46. The van der Waals surface area contributed by atoms with Gasteiger partial charge in [0.25, 0.3) is 0 Å². The van der Waals surface area contributed by atoms with Gasteiger partial charge in [0.1, 0.15) is 5.75 Å². The smallest absolute Gasteiger partial charge is 0.206 e. The minimum Gasteiger partial charge on any atom is -0.496 e. The van der Waals surface area contributed by atoms with Crippen LogP contribution in [0.1, 0.15) is 0 Å². The quantitative estimate of drug-likeness (QED) is 0.890. The van der Waals surface area contributed by atoms with Crippen LogP contribution < -0.4 is 10.5 Å². The first-order valence-corrected chi connectivity index (χ1v) is 5.78. The van der Waals surface area contributed by atoms with E-state index in [4.69, 9.17) is 10.5 Å². The van der Waals surface area contributed by atoms with Crippen molar-refractivity contribution in [3.8, 4) is 5.75 Å². The Morgan fingerprint density at radius 3 is 2.87 bits per heavy atom. The highest BCUT2D eigenvalue weighted by Crippen LogP contribution is 2.33. The monoisotopic (exact) mass is 239 g/mol. The highest BCUT2D eigenvalue weighted by Gasteiger charge is 2.07. The number of methoxy groups -OCH3 is 1. The van der Waals surface area contributed by atoms with Crippen molar-refractivity contribution in [2.24, 2.45) is 0 Å². The van der Waals surface area contributed by atoms with Crippen molar-refractivity contribution < 1.29 is 4.74 Å². The first-order chi connectivity index (χ1) is 7.29. The fourth-order valence-electron chi connectivity index (χ4n) is 1.06. The molecule has 0 aliphatic heterocycles. The molecular weight excluding hydrogens is 230 g/mol. The van der Waals surface area contributed by atoms with Gasteiger partial charge in [0.05, 0.1) is 12.0 Å². The van der Waals surface area contributed by atoms with Crippen molar-refractivity contribution in [2.75, 3.05) is 12.8 Å². The Kier molecular flexibility index (Phi) is 3.08. The zero-order chi connectivity index (χ0) is 10.7. The molecule has 0 aliphatic rings. The van der Waals surface area contributed by atoms with E-state index in [1.807, 2.05) is 24.3 Å². The minimum absolute atomic E-state index is 0.479. The number of hydrogen-bond acceptors (Lipinski definition) is 6. The molecule has 1 aromatic heterocycles. The molecule has 0 amide bonds. The van der Waals surface area contributed by atoms with Crippen LogP contribution in [-0.4, -0.2) is 16.5 Å². The average Bonchev–Trinajstić information content (AvgIpc) is 2.65. The van der Waals surface area contributed by atoms with Gasteiger partial charge in [0, 0.05) is 11.5 Å². The molecule has 78 valence electrons. The molecule has 1 heterocycles. The van der Waals surface area contributed by atoms with Gasteiger partial charge in [-0.05, 0) is 23.9 Å². The zero-order valence-electron chi connectivity index (χ0n) is 8.01. The third kappa shape index (κ3) is 2.40. The van der Waals surface area contributed by atoms with Gasteiger partial charge in [0.15, 0.2) is 0 Å². The molecule has 0 saturated heterocycles. The van der Waals surface area contributed by atoms with Gasteiger partial charge in [-0.1, -0.05) is 12.1 Å². The number of nitrogens with two attached hydrogens (primary N) is 1. The Balaban J connectivity index is 2.23. The maximum absolute atomic E-state index is 5.50. The summed E-state index contributed by atoms with van der Waals surface area (Å²) in [6.45, 7) is 0. The summed E-state index contributed by atoms with van der Waals surface area (Å²) >= 11 is 2.63. The molecule has 4 nitrogen and oxygen atoms in total. The topological polar surface area (TPSA) is 61.0 Å². The van der Waals surface area contributed by atoms with E-state index in [0.717, 1.165) is 10.6 Å². The van der Waals surface area contributed by atoms with Gasteiger partial charge in [-0.2, -0.15) is 9.36 Å². The molecule has 2 N–H and O–H groups in total. The minimum atomic E-state index is 0.479. The molecule has 0 aliphatic carbocycles. The largest absolute Gasteiger partial charge is 0.496 e. The summed E-state index contributed by atoms with van der Waals surface area (Å²) in [7, 11) is 1.64. The fraction of sp³-hybridized carbons (Fsp3) is 0.111. The highest BCUT2D eigenvalue weighted by atomic mass is 32.2. The summed E-state index contributed by atoms with van der Waals surface area (Å²) < 4.78 is 9.32. The second kappa shape index (κ2) is 4.50. The molecule has 0 spiro atoms. The zero-order valence-corrected chi connectivity index (χ0v) is 9.64. The number of rotatable bonds is 3. The third-order valence-electron chi connectivity index (χ3n) is 1.69. The van der Waals surface area contributed by atoms with E-state index in [9.17, 15) is 0 Å². The summed E-state index contributed by atoms with van der Waals surface area (Å²) in [5.41, 5.74) is 5.50. The van der Waals surface area contributed by atoms with Crippen molar-refractivity contribution >= 4 is 28.4 Å². The number of hydrogen-bond donors (Lipinski definition) is 1. The van der Waals surface area contributed by atoms with Crippen LogP contribution in [0.15, 0.2) is 34.3 Å². The van der Waals surface area contributed by atoms with Gasteiger partial charge in [-0.15, -0.1) is 0 Å². The van der Waals surface area contributed by atoms with Gasteiger partial charge in [-0.3, -0.25) is 0 Å². The van der Waals surface area contributed by atoms with Crippen molar-refractivity contribution in [3.63, 3.8) is 0 Å². The lowest BCUT2D eigenvalue weighted by atomic mass is 10.3. The summed E-state index contributed by atoms with van der Waals surface area (Å²) in [6, 6.07) is 7.73. The van der Waals surface area contributed by atoms with Crippen molar-refractivity contribution in [3.05, 3.63) is 24.3 Å². The van der Waals surface area contributed by atoms with Crippen LogP contribution >= 0.6 is 23.3 Å². The maximum atomic E-state index is 5.50. The van der Waals surface area contributed by atoms with Crippen molar-refractivity contribution in [1.29, 1.82) is 0 Å². The molecule has 2 aromatic rings. The molecular formula is C9H9N3OS2. The van der Waals surface area contributed by atoms with Gasteiger partial charge >= 0.3 is 0 Å². The van der Waals surface area contributed by atoms with Crippen LogP contribution in [0.5, 0.6) is 5.75 Å². The Morgan fingerprint density at radius 1 is 1.40 bits per heavy atom. The van der Waals surface area contributed by atoms with E-state index in [1.165, 1.54) is 23.3 Å². The number of nitrogens with zero attached hydrogens (tertiary/aromatic N) is 2. The predicted octanol–water partition coefficient (Wildman–Crippen LogP) is 2.28. The predicted molar refractivity (Wildman–Crippen MR) is 61.4 cm³/mol. The van der Waals surface area contributed by atoms with E-state index in [1.54, 1.807) is 7.11 Å². The molecule has 0 bridgehead atoms. The molecule has 6 heteroatoms. The van der Waals surface area contributed by atoms with Crippen LogP contribution in [0.4, 0.5) is 5.13 Å². The fourth-order valence-corrected chi connectivity index (χ4v) is 2.46. The van der Waals surface area contributed by atoms with Gasteiger partial charge < -0.3 is 10.5 Å². The lowest BCUT2D eigenvalue weighted by Crippen LogP contribution is -1.86. The first-order valence-electron chi connectivity index (χ1n) is 4.19. The third-order valence-corrected chi connectivity index (χ3v) is 3.27. The van der Waals surface area contributed by atoms with E-state index in [2.05, 4.69) is 9.36 Å².